The smallest absolute Gasteiger partial charge is 0.212 e. The minimum Gasteiger partial charge on any atom is -0.495 e. The second-order valence-corrected chi connectivity index (χ2v) is 4.87. The first-order valence-electron chi connectivity index (χ1n) is 6.26. The average Bonchev–Trinajstić information content (AvgIpc) is 2.95. The average molecular weight is 329 g/mol. The van der Waals surface area contributed by atoms with E-state index in [1.54, 1.807) is 18.2 Å². The fourth-order valence-electron chi connectivity index (χ4n) is 1.81. The van der Waals surface area contributed by atoms with Crippen molar-refractivity contribution in [2.24, 2.45) is 0 Å². The molecule has 7 heteroatoms. The Balaban J connectivity index is 2.37. The first-order chi connectivity index (χ1) is 10.1. The van der Waals surface area contributed by atoms with Crippen molar-refractivity contribution >= 4 is 29.0 Å². The van der Waals surface area contributed by atoms with Gasteiger partial charge < -0.3 is 9.47 Å². The van der Waals surface area contributed by atoms with E-state index in [2.05, 4.69) is 5.10 Å². The number of ether oxygens (including phenoxy) is 2. The van der Waals surface area contributed by atoms with Gasteiger partial charge in [0.1, 0.15) is 23.2 Å². The molecule has 0 bridgehead atoms. The summed E-state index contributed by atoms with van der Waals surface area (Å²) in [6.45, 7) is 2.60. The highest BCUT2D eigenvalue weighted by atomic mass is 35.5. The van der Waals surface area contributed by atoms with E-state index < -0.39 is 0 Å². The standard InChI is InChI=1S/C14H14Cl2N2O3/c1-3-21-8-18-10(6-7-17-18)14(19)9-4-5-11(20-2)13(16)12(9)15/h4-7H,3,8H2,1-2H3. The van der Waals surface area contributed by atoms with E-state index in [1.807, 2.05) is 6.92 Å². The highest BCUT2D eigenvalue weighted by Crippen LogP contribution is 2.35. The molecule has 0 radical (unpaired) electrons. The third kappa shape index (κ3) is 3.20. The van der Waals surface area contributed by atoms with Crippen LogP contribution < -0.4 is 4.74 Å². The Bertz CT molecular complexity index is 656. The van der Waals surface area contributed by atoms with Gasteiger partial charge in [-0.15, -0.1) is 0 Å². The first kappa shape index (κ1) is 15.8. The summed E-state index contributed by atoms with van der Waals surface area (Å²) in [5.74, 6) is 0.141. The summed E-state index contributed by atoms with van der Waals surface area (Å²) in [5, 5.41) is 4.42. The number of hydrogen-bond donors (Lipinski definition) is 0. The van der Waals surface area contributed by atoms with Crippen molar-refractivity contribution in [3.63, 3.8) is 0 Å². The molecule has 0 aliphatic carbocycles. The number of ketones is 1. The third-order valence-corrected chi connectivity index (χ3v) is 3.74. The zero-order valence-electron chi connectivity index (χ0n) is 11.6. The van der Waals surface area contributed by atoms with E-state index in [-0.39, 0.29) is 22.6 Å². The molecule has 2 aromatic rings. The van der Waals surface area contributed by atoms with E-state index >= 15 is 0 Å². The van der Waals surface area contributed by atoms with Gasteiger partial charge >= 0.3 is 0 Å². The largest absolute Gasteiger partial charge is 0.495 e. The van der Waals surface area contributed by atoms with Gasteiger partial charge in [-0.25, -0.2) is 4.68 Å². The molecule has 1 aromatic heterocycles. The van der Waals surface area contributed by atoms with Crippen molar-refractivity contribution in [2.75, 3.05) is 13.7 Å². The molecule has 0 aliphatic rings. The summed E-state index contributed by atoms with van der Waals surface area (Å²) >= 11 is 12.2. The Morgan fingerprint density at radius 1 is 1.29 bits per heavy atom. The molecule has 0 N–H and O–H groups in total. The van der Waals surface area contributed by atoms with E-state index in [0.717, 1.165) is 0 Å². The molecule has 0 atom stereocenters. The third-order valence-electron chi connectivity index (χ3n) is 2.88. The van der Waals surface area contributed by atoms with Gasteiger partial charge in [-0.2, -0.15) is 5.10 Å². The number of halogens is 2. The fourth-order valence-corrected chi connectivity index (χ4v) is 2.29. The maximum Gasteiger partial charge on any atom is 0.212 e. The number of methoxy groups -OCH3 is 1. The van der Waals surface area contributed by atoms with Crippen molar-refractivity contribution in [3.05, 3.63) is 45.7 Å². The van der Waals surface area contributed by atoms with E-state index in [0.29, 0.717) is 23.6 Å². The van der Waals surface area contributed by atoms with Crippen molar-refractivity contribution < 1.29 is 14.3 Å². The number of nitrogens with zero attached hydrogens (tertiary/aromatic N) is 2. The maximum atomic E-state index is 12.6. The van der Waals surface area contributed by atoms with Crippen molar-refractivity contribution in [2.45, 2.75) is 13.7 Å². The van der Waals surface area contributed by atoms with Crippen molar-refractivity contribution in [1.82, 2.24) is 9.78 Å². The lowest BCUT2D eigenvalue weighted by molar-refractivity contribution is 0.0744. The zero-order chi connectivity index (χ0) is 15.4. The van der Waals surface area contributed by atoms with Gasteiger partial charge in [-0.3, -0.25) is 4.79 Å². The Hall–Kier alpha value is -1.56. The molecule has 0 saturated heterocycles. The first-order valence-corrected chi connectivity index (χ1v) is 7.02. The number of aromatic nitrogens is 2. The Labute approximate surface area is 132 Å². The molecular weight excluding hydrogens is 315 g/mol. The minimum atomic E-state index is -0.276. The second-order valence-electron chi connectivity index (χ2n) is 4.11. The van der Waals surface area contributed by atoms with Gasteiger partial charge in [-0.1, -0.05) is 23.2 Å². The predicted molar refractivity (Wildman–Crippen MR) is 80.3 cm³/mol. The lowest BCUT2D eigenvalue weighted by Gasteiger charge is -2.10. The molecule has 2 rings (SSSR count). The van der Waals surface area contributed by atoms with E-state index in [9.17, 15) is 4.79 Å². The molecule has 112 valence electrons. The summed E-state index contributed by atoms with van der Waals surface area (Å²) in [6, 6.07) is 4.79. The van der Waals surface area contributed by atoms with Gasteiger partial charge in [0.15, 0.2) is 0 Å². The van der Waals surface area contributed by atoms with Crippen LogP contribution in [0, 0.1) is 0 Å². The molecule has 1 aromatic carbocycles. The zero-order valence-corrected chi connectivity index (χ0v) is 13.1. The van der Waals surface area contributed by atoms with Crippen LogP contribution in [-0.4, -0.2) is 29.3 Å². The SMILES string of the molecule is CCOCn1nccc1C(=O)c1ccc(OC)c(Cl)c1Cl. The summed E-state index contributed by atoms with van der Waals surface area (Å²) in [5.41, 5.74) is 0.673. The molecular formula is C14H14Cl2N2O3. The number of hydrogen-bond acceptors (Lipinski definition) is 4. The van der Waals surface area contributed by atoms with Crippen LogP contribution in [0.4, 0.5) is 0 Å². The van der Waals surface area contributed by atoms with Crippen molar-refractivity contribution in [1.29, 1.82) is 0 Å². The van der Waals surface area contributed by atoms with Gasteiger partial charge in [0.25, 0.3) is 0 Å². The molecule has 21 heavy (non-hydrogen) atoms. The number of carbonyl (C=O) groups excluding carboxylic acids is 1. The highest BCUT2D eigenvalue weighted by molar-refractivity contribution is 6.45. The van der Waals surface area contributed by atoms with Crippen LogP contribution >= 0.6 is 23.2 Å². The normalized spacial score (nSPS) is 10.7. The number of benzene rings is 1. The van der Waals surface area contributed by atoms with Gasteiger partial charge in [-0.05, 0) is 25.1 Å². The van der Waals surface area contributed by atoms with Gasteiger partial charge in [0.05, 0.1) is 12.1 Å². The van der Waals surface area contributed by atoms with E-state index in [4.69, 9.17) is 32.7 Å². The maximum absolute atomic E-state index is 12.6. The summed E-state index contributed by atoms with van der Waals surface area (Å²) < 4.78 is 11.8. The topological polar surface area (TPSA) is 53.4 Å². The molecule has 0 aliphatic heterocycles. The van der Waals surface area contributed by atoms with Crippen LogP contribution in [0.25, 0.3) is 0 Å². The van der Waals surface area contributed by atoms with E-state index in [1.165, 1.54) is 18.0 Å². The monoisotopic (exact) mass is 328 g/mol. The quantitative estimate of drug-likeness (QED) is 0.762. The van der Waals surface area contributed by atoms with Crippen LogP contribution in [0.1, 0.15) is 23.0 Å². The predicted octanol–water partition coefficient (Wildman–Crippen LogP) is 3.42. The van der Waals surface area contributed by atoms with Crippen LogP contribution in [0.15, 0.2) is 24.4 Å². The summed E-state index contributed by atoms with van der Waals surface area (Å²) in [4.78, 5) is 12.6. The van der Waals surface area contributed by atoms with Crippen LogP contribution in [0.5, 0.6) is 5.75 Å². The molecule has 5 nitrogen and oxygen atoms in total. The molecule has 0 spiro atoms. The second kappa shape index (κ2) is 6.93. The summed E-state index contributed by atoms with van der Waals surface area (Å²) in [7, 11) is 1.48. The Morgan fingerprint density at radius 3 is 2.71 bits per heavy atom. The fraction of sp³-hybridized carbons (Fsp3) is 0.286. The van der Waals surface area contributed by atoms with Crippen LogP contribution in [0.3, 0.4) is 0 Å². The number of carbonyl (C=O) groups is 1. The Kier molecular flexibility index (Phi) is 5.22. The molecule has 0 fully saturated rings. The van der Waals surface area contributed by atoms with Crippen LogP contribution in [0.2, 0.25) is 10.0 Å². The molecule has 0 saturated carbocycles. The van der Waals surface area contributed by atoms with Crippen LogP contribution in [-0.2, 0) is 11.5 Å². The minimum absolute atomic E-state index is 0.158. The lowest BCUT2D eigenvalue weighted by atomic mass is 10.1. The molecule has 1 heterocycles. The summed E-state index contributed by atoms with van der Waals surface area (Å²) in [6.07, 6.45) is 1.53. The molecule has 0 amide bonds. The Morgan fingerprint density at radius 2 is 2.05 bits per heavy atom. The highest BCUT2D eigenvalue weighted by Gasteiger charge is 2.20. The van der Waals surface area contributed by atoms with Gasteiger partial charge in [0, 0.05) is 18.4 Å². The van der Waals surface area contributed by atoms with Crippen molar-refractivity contribution in [3.8, 4) is 5.75 Å². The molecule has 0 unspecified atom stereocenters. The van der Waals surface area contributed by atoms with Gasteiger partial charge in [0.2, 0.25) is 5.78 Å². The number of rotatable bonds is 6. The lowest BCUT2D eigenvalue weighted by Crippen LogP contribution is -2.14.